The number of carbonyl (C=O) groups is 1. The first-order valence-electron chi connectivity index (χ1n) is 6.55. The largest absolute Gasteiger partial charge is 0.478 e. The van der Waals surface area contributed by atoms with E-state index >= 15 is 0 Å². The quantitative estimate of drug-likeness (QED) is 0.840. The summed E-state index contributed by atoms with van der Waals surface area (Å²) in [7, 11) is 2.02. The smallest absolute Gasteiger partial charge is 0.328 e. The predicted octanol–water partition coefficient (Wildman–Crippen LogP) is 3.40. The molecule has 0 saturated heterocycles. The molecule has 0 aliphatic heterocycles. The zero-order chi connectivity index (χ0) is 15.3. The molecule has 0 aliphatic rings. The van der Waals surface area contributed by atoms with Crippen molar-refractivity contribution in [1.82, 2.24) is 4.90 Å². The SMILES string of the molecule is CN(Cc1ccc(F)c(C=CC(=O)O)c1)CC(C)(C)C. The number of benzene rings is 1. The van der Waals surface area contributed by atoms with Crippen molar-refractivity contribution in [1.29, 1.82) is 0 Å². The van der Waals surface area contributed by atoms with Crippen molar-refractivity contribution in [2.45, 2.75) is 27.3 Å². The second-order valence-electron chi connectivity index (χ2n) is 6.26. The Balaban J connectivity index is 2.82. The van der Waals surface area contributed by atoms with Gasteiger partial charge in [0.15, 0.2) is 0 Å². The van der Waals surface area contributed by atoms with Gasteiger partial charge in [-0.25, -0.2) is 9.18 Å². The Bertz CT molecular complexity index is 504. The van der Waals surface area contributed by atoms with Crippen molar-refractivity contribution in [2.24, 2.45) is 5.41 Å². The molecule has 0 fully saturated rings. The highest BCUT2D eigenvalue weighted by atomic mass is 19.1. The van der Waals surface area contributed by atoms with Crippen molar-refractivity contribution in [2.75, 3.05) is 13.6 Å². The number of nitrogens with zero attached hydrogens (tertiary/aromatic N) is 1. The maximum absolute atomic E-state index is 13.6. The zero-order valence-corrected chi connectivity index (χ0v) is 12.5. The van der Waals surface area contributed by atoms with E-state index in [0.717, 1.165) is 18.2 Å². The van der Waals surface area contributed by atoms with Gasteiger partial charge in [-0.05, 0) is 36.2 Å². The molecular weight excluding hydrogens is 257 g/mol. The number of carboxylic acid groups (broad SMARTS) is 1. The van der Waals surface area contributed by atoms with E-state index in [1.165, 1.54) is 12.1 Å². The molecule has 110 valence electrons. The van der Waals surface area contributed by atoms with Crippen molar-refractivity contribution >= 4 is 12.0 Å². The van der Waals surface area contributed by atoms with Gasteiger partial charge in [0, 0.05) is 24.7 Å². The maximum Gasteiger partial charge on any atom is 0.328 e. The van der Waals surface area contributed by atoms with Crippen molar-refractivity contribution < 1.29 is 14.3 Å². The normalized spacial score (nSPS) is 12.3. The third-order valence-corrected chi connectivity index (χ3v) is 2.66. The van der Waals surface area contributed by atoms with Crippen LogP contribution in [0.3, 0.4) is 0 Å². The minimum absolute atomic E-state index is 0.195. The Labute approximate surface area is 119 Å². The molecule has 0 aliphatic carbocycles. The van der Waals surface area contributed by atoms with Gasteiger partial charge in [0.25, 0.3) is 0 Å². The monoisotopic (exact) mass is 279 g/mol. The molecule has 3 nitrogen and oxygen atoms in total. The number of halogens is 1. The van der Waals surface area contributed by atoms with Gasteiger partial charge in [0.2, 0.25) is 0 Å². The summed E-state index contributed by atoms with van der Waals surface area (Å²) in [6.07, 6.45) is 2.23. The van der Waals surface area contributed by atoms with Gasteiger partial charge < -0.3 is 10.0 Å². The lowest BCUT2D eigenvalue weighted by molar-refractivity contribution is -0.131. The average molecular weight is 279 g/mol. The number of carboxylic acids is 1. The van der Waals surface area contributed by atoms with Crippen LogP contribution in [0.4, 0.5) is 4.39 Å². The van der Waals surface area contributed by atoms with Gasteiger partial charge in [-0.2, -0.15) is 0 Å². The molecule has 4 heteroatoms. The summed E-state index contributed by atoms with van der Waals surface area (Å²) >= 11 is 0. The number of rotatable bonds is 5. The van der Waals surface area contributed by atoms with Crippen LogP contribution in [0.2, 0.25) is 0 Å². The summed E-state index contributed by atoms with van der Waals surface area (Å²) in [6.45, 7) is 8.11. The van der Waals surface area contributed by atoms with Gasteiger partial charge in [-0.15, -0.1) is 0 Å². The lowest BCUT2D eigenvalue weighted by atomic mass is 9.96. The molecule has 0 saturated carbocycles. The fourth-order valence-corrected chi connectivity index (χ4v) is 2.16. The Kier molecular flexibility index (Phi) is 5.45. The van der Waals surface area contributed by atoms with Gasteiger partial charge >= 0.3 is 5.97 Å². The molecule has 1 rings (SSSR count). The molecule has 0 unspecified atom stereocenters. The summed E-state index contributed by atoms with van der Waals surface area (Å²) in [6, 6.07) is 4.79. The molecule has 0 spiro atoms. The van der Waals surface area contributed by atoms with E-state index in [1.54, 1.807) is 12.1 Å². The fraction of sp³-hybridized carbons (Fsp3) is 0.438. The molecule has 0 bridgehead atoms. The van der Waals surface area contributed by atoms with Crippen LogP contribution < -0.4 is 0 Å². The second kappa shape index (κ2) is 6.66. The van der Waals surface area contributed by atoms with Crippen LogP contribution in [-0.4, -0.2) is 29.6 Å². The molecule has 1 N–H and O–H groups in total. The van der Waals surface area contributed by atoms with Crippen LogP contribution in [-0.2, 0) is 11.3 Å². The van der Waals surface area contributed by atoms with Crippen LogP contribution in [0.15, 0.2) is 24.3 Å². The summed E-state index contributed by atoms with van der Waals surface area (Å²) < 4.78 is 13.6. The predicted molar refractivity (Wildman–Crippen MR) is 78.9 cm³/mol. The highest BCUT2D eigenvalue weighted by molar-refractivity contribution is 5.85. The Hall–Kier alpha value is -1.68. The topological polar surface area (TPSA) is 40.5 Å². The summed E-state index contributed by atoms with van der Waals surface area (Å²) in [4.78, 5) is 12.7. The Morgan fingerprint density at radius 2 is 2.05 bits per heavy atom. The van der Waals surface area contributed by atoms with E-state index in [9.17, 15) is 9.18 Å². The maximum atomic E-state index is 13.6. The van der Waals surface area contributed by atoms with E-state index in [1.807, 2.05) is 7.05 Å². The van der Waals surface area contributed by atoms with Crippen LogP contribution >= 0.6 is 0 Å². The standard InChI is InChI=1S/C16H22FNO2/c1-16(2,3)11-18(4)10-12-5-7-14(17)13(9-12)6-8-15(19)20/h5-9H,10-11H2,1-4H3,(H,19,20). The molecule has 0 radical (unpaired) electrons. The number of hydrogen-bond donors (Lipinski definition) is 1. The van der Waals surface area contributed by atoms with Crippen LogP contribution in [0.5, 0.6) is 0 Å². The molecule has 1 aromatic carbocycles. The number of hydrogen-bond acceptors (Lipinski definition) is 2. The third-order valence-electron chi connectivity index (χ3n) is 2.66. The van der Waals surface area contributed by atoms with Crippen molar-refractivity contribution in [3.8, 4) is 0 Å². The molecular formula is C16H22FNO2. The van der Waals surface area contributed by atoms with Crippen molar-refractivity contribution in [3.05, 3.63) is 41.2 Å². The van der Waals surface area contributed by atoms with E-state index in [-0.39, 0.29) is 5.41 Å². The first kappa shape index (κ1) is 16.4. The fourth-order valence-electron chi connectivity index (χ4n) is 2.16. The Morgan fingerprint density at radius 1 is 1.40 bits per heavy atom. The van der Waals surface area contributed by atoms with Gasteiger partial charge in [-0.3, -0.25) is 0 Å². The highest BCUT2D eigenvalue weighted by Crippen LogP contribution is 2.18. The molecule has 0 atom stereocenters. The summed E-state index contributed by atoms with van der Waals surface area (Å²) in [5, 5.41) is 8.59. The minimum Gasteiger partial charge on any atom is -0.478 e. The van der Waals surface area contributed by atoms with Crippen LogP contribution in [0.1, 0.15) is 31.9 Å². The van der Waals surface area contributed by atoms with E-state index in [0.29, 0.717) is 12.1 Å². The van der Waals surface area contributed by atoms with Gasteiger partial charge in [0.1, 0.15) is 5.82 Å². The highest BCUT2D eigenvalue weighted by Gasteiger charge is 2.14. The lowest BCUT2D eigenvalue weighted by Crippen LogP contribution is -2.28. The molecule has 0 amide bonds. The third kappa shape index (κ3) is 5.97. The first-order valence-corrected chi connectivity index (χ1v) is 6.55. The molecule has 0 heterocycles. The number of aliphatic carboxylic acids is 1. The van der Waals surface area contributed by atoms with E-state index < -0.39 is 11.8 Å². The average Bonchev–Trinajstić information content (AvgIpc) is 2.27. The molecule has 0 aromatic heterocycles. The van der Waals surface area contributed by atoms with Crippen LogP contribution in [0, 0.1) is 11.2 Å². The van der Waals surface area contributed by atoms with E-state index in [4.69, 9.17) is 5.11 Å². The summed E-state index contributed by atoms with van der Waals surface area (Å²) in [5.41, 5.74) is 1.46. The second-order valence-corrected chi connectivity index (χ2v) is 6.26. The van der Waals surface area contributed by atoms with E-state index in [2.05, 4.69) is 25.7 Å². The van der Waals surface area contributed by atoms with Crippen molar-refractivity contribution in [3.63, 3.8) is 0 Å². The first-order chi connectivity index (χ1) is 9.17. The Morgan fingerprint density at radius 3 is 2.60 bits per heavy atom. The van der Waals surface area contributed by atoms with Gasteiger partial charge in [-0.1, -0.05) is 26.8 Å². The minimum atomic E-state index is -1.08. The zero-order valence-electron chi connectivity index (χ0n) is 12.5. The lowest BCUT2D eigenvalue weighted by Gasteiger charge is -2.26. The molecule has 20 heavy (non-hydrogen) atoms. The summed E-state index contributed by atoms with van der Waals surface area (Å²) in [5.74, 6) is -1.50. The van der Waals surface area contributed by atoms with Gasteiger partial charge in [0.05, 0.1) is 0 Å². The molecule has 1 aromatic rings. The van der Waals surface area contributed by atoms with Crippen LogP contribution in [0.25, 0.3) is 6.08 Å².